The van der Waals surface area contributed by atoms with Crippen molar-refractivity contribution in [2.24, 2.45) is 0 Å². The Labute approximate surface area is 143 Å². The number of hydrogen-bond acceptors (Lipinski definition) is 5. The number of aryl methyl sites for hydroxylation is 1. The summed E-state index contributed by atoms with van der Waals surface area (Å²) in [6.45, 7) is 3.97. The molecule has 128 valence electrons. The average molecular weight is 337 g/mol. The summed E-state index contributed by atoms with van der Waals surface area (Å²) in [6, 6.07) is 0.483. The molecule has 6 heteroatoms. The maximum atomic E-state index is 11.7. The number of aromatic nitrogens is 2. The standard InChI is InChI=1S/C17H28N4OS/c1-12(19-16(22)11-23-4)15-10-18-17(20-13(15)2)21(3)14-8-6-5-7-9-14/h10,12,14H,5-9,11H2,1-4H3,(H,19,22). The lowest BCUT2D eigenvalue weighted by Gasteiger charge is -2.31. The maximum absolute atomic E-state index is 11.7. The van der Waals surface area contributed by atoms with Gasteiger partial charge in [-0.3, -0.25) is 4.79 Å². The number of amides is 1. The van der Waals surface area contributed by atoms with Gasteiger partial charge in [-0.2, -0.15) is 11.8 Å². The van der Waals surface area contributed by atoms with E-state index in [-0.39, 0.29) is 11.9 Å². The van der Waals surface area contributed by atoms with Crippen LogP contribution in [0.4, 0.5) is 5.95 Å². The van der Waals surface area contributed by atoms with Crippen LogP contribution in [0.1, 0.15) is 56.3 Å². The van der Waals surface area contributed by atoms with E-state index < -0.39 is 0 Å². The molecule has 1 saturated carbocycles. The second kappa shape index (κ2) is 8.52. The molecule has 0 spiro atoms. The number of carbonyl (C=O) groups is 1. The third-order valence-corrected chi connectivity index (χ3v) is 5.11. The summed E-state index contributed by atoms with van der Waals surface area (Å²) < 4.78 is 0. The molecule has 1 unspecified atom stereocenters. The molecule has 1 amide bonds. The van der Waals surface area contributed by atoms with E-state index in [0.29, 0.717) is 11.8 Å². The quantitative estimate of drug-likeness (QED) is 0.865. The van der Waals surface area contributed by atoms with Gasteiger partial charge in [-0.1, -0.05) is 19.3 Å². The van der Waals surface area contributed by atoms with Gasteiger partial charge < -0.3 is 10.2 Å². The molecule has 0 saturated heterocycles. The maximum Gasteiger partial charge on any atom is 0.230 e. The van der Waals surface area contributed by atoms with E-state index in [1.807, 2.05) is 26.3 Å². The first-order valence-corrected chi connectivity index (χ1v) is 9.77. The second-order valence-corrected chi connectivity index (χ2v) is 7.20. The highest BCUT2D eigenvalue weighted by atomic mass is 32.2. The lowest BCUT2D eigenvalue weighted by atomic mass is 9.95. The van der Waals surface area contributed by atoms with Crippen LogP contribution in [-0.4, -0.2) is 41.0 Å². The Kier molecular flexibility index (Phi) is 6.69. The van der Waals surface area contributed by atoms with Gasteiger partial charge in [-0.25, -0.2) is 9.97 Å². The van der Waals surface area contributed by atoms with Gasteiger partial charge >= 0.3 is 0 Å². The minimum Gasteiger partial charge on any atom is -0.349 e. The number of anilines is 1. The van der Waals surface area contributed by atoms with Crippen molar-refractivity contribution in [3.8, 4) is 0 Å². The smallest absolute Gasteiger partial charge is 0.230 e. The summed E-state index contributed by atoms with van der Waals surface area (Å²) in [4.78, 5) is 23.2. The van der Waals surface area contributed by atoms with E-state index in [0.717, 1.165) is 17.2 Å². The predicted molar refractivity (Wildman–Crippen MR) is 97.0 cm³/mol. The molecule has 5 nitrogen and oxygen atoms in total. The number of rotatable bonds is 6. The van der Waals surface area contributed by atoms with Crippen molar-refractivity contribution in [1.82, 2.24) is 15.3 Å². The Balaban J connectivity index is 2.06. The van der Waals surface area contributed by atoms with Gasteiger partial charge in [0, 0.05) is 30.5 Å². The average Bonchev–Trinajstić information content (AvgIpc) is 2.54. The third-order valence-electron chi connectivity index (χ3n) is 4.56. The van der Waals surface area contributed by atoms with Crippen LogP contribution in [0.15, 0.2) is 6.20 Å². The van der Waals surface area contributed by atoms with Gasteiger partial charge in [0.15, 0.2) is 0 Å². The molecule has 1 fully saturated rings. The number of nitrogens with zero attached hydrogens (tertiary/aromatic N) is 3. The van der Waals surface area contributed by atoms with Crippen molar-refractivity contribution in [3.63, 3.8) is 0 Å². The lowest BCUT2D eigenvalue weighted by Crippen LogP contribution is -2.35. The van der Waals surface area contributed by atoms with Crippen LogP contribution in [0.2, 0.25) is 0 Å². The van der Waals surface area contributed by atoms with Crippen LogP contribution in [0.5, 0.6) is 0 Å². The SMILES string of the molecule is CSCC(=O)NC(C)c1cnc(N(C)C2CCCCC2)nc1C. The fraction of sp³-hybridized carbons (Fsp3) is 0.706. The van der Waals surface area contributed by atoms with Crippen molar-refractivity contribution in [1.29, 1.82) is 0 Å². The zero-order chi connectivity index (χ0) is 16.8. The Hall–Kier alpha value is -1.30. The minimum atomic E-state index is -0.0660. The first kappa shape index (κ1) is 18.0. The molecule has 1 N–H and O–H groups in total. The number of thioether (sulfide) groups is 1. The second-order valence-electron chi connectivity index (χ2n) is 6.34. The van der Waals surface area contributed by atoms with Crippen molar-refractivity contribution in [2.45, 2.75) is 58.0 Å². The van der Waals surface area contributed by atoms with Gasteiger partial charge in [0.05, 0.1) is 11.8 Å². The van der Waals surface area contributed by atoms with Crippen LogP contribution < -0.4 is 10.2 Å². The van der Waals surface area contributed by atoms with Crippen molar-refractivity contribution in [3.05, 3.63) is 17.5 Å². The Morgan fingerprint density at radius 3 is 2.74 bits per heavy atom. The summed E-state index contributed by atoms with van der Waals surface area (Å²) in [7, 11) is 2.09. The van der Waals surface area contributed by atoms with Crippen LogP contribution in [-0.2, 0) is 4.79 Å². The van der Waals surface area contributed by atoms with Crippen molar-refractivity contribution < 1.29 is 4.79 Å². The zero-order valence-electron chi connectivity index (χ0n) is 14.6. The predicted octanol–water partition coefficient (Wildman–Crippen LogP) is 3.09. The number of carbonyl (C=O) groups excluding carboxylic acids is 1. The van der Waals surface area contributed by atoms with Gasteiger partial charge in [0.25, 0.3) is 0 Å². The summed E-state index contributed by atoms with van der Waals surface area (Å²) in [5.74, 6) is 1.32. The first-order chi connectivity index (χ1) is 11.0. The highest BCUT2D eigenvalue weighted by molar-refractivity contribution is 7.99. The molecule has 0 aromatic carbocycles. The van der Waals surface area contributed by atoms with E-state index >= 15 is 0 Å². The molecule has 1 heterocycles. The van der Waals surface area contributed by atoms with E-state index in [9.17, 15) is 4.79 Å². The monoisotopic (exact) mass is 336 g/mol. The first-order valence-electron chi connectivity index (χ1n) is 8.37. The van der Waals surface area contributed by atoms with E-state index in [2.05, 4.69) is 27.2 Å². The lowest BCUT2D eigenvalue weighted by molar-refractivity contribution is -0.119. The molecule has 0 aliphatic heterocycles. The summed E-state index contributed by atoms with van der Waals surface area (Å²) >= 11 is 1.52. The molecular weight excluding hydrogens is 308 g/mol. The zero-order valence-corrected chi connectivity index (χ0v) is 15.4. The minimum absolute atomic E-state index is 0.0489. The van der Waals surface area contributed by atoms with E-state index in [1.165, 1.54) is 43.9 Å². The molecule has 2 rings (SSSR count). The van der Waals surface area contributed by atoms with Crippen LogP contribution >= 0.6 is 11.8 Å². The van der Waals surface area contributed by atoms with E-state index in [4.69, 9.17) is 0 Å². The third kappa shape index (κ3) is 4.83. The molecule has 1 aromatic heterocycles. The van der Waals surface area contributed by atoms with E-state index in [1.54, 1.807) is 0 Å². The van der Waals surface area contributed by atoms with Crippen LogP contribution in [0, 0.1) is 6.92 Å². The normalized spacial score (nSPS) is 16.9. The summed E-state index contributed by atoms with van der Waals surface area (Å²) in [5.41, 5.74) is 1.93. The van der Waals surface area contributed by atoms with Crippen LogP contribution in [0.3, 0.4) is 0 Å². The number of nitrogens with one attached hydrogen (secondary N) is 1. The summed E-state index contributed by atoms with van der Waals surface area (Å²) in [5, 5.41) is 3.00. The van der Waals surface area contributed by atoms with Gasteiger partial charge in [0.2, 0.25) is 11.9 Å². The largest absolute Gasteiger partial charge is 0.349 e. The molecular formula is C17H28N4OS. The fourth-order valence-corrected chi connectivity index (χ4v) is 3.53. The Morgan fingerprint density at radius 2 is 2.13 bits per heavy atom. The Morgan fingerprint density at radius 1 is 1.43 bits per heavy atom. The van der Waals surface area contributed by atoms with Gasteiger partial charge in [0.1, 0.15) is 0 Å². The molecule has 1 aliphatic carbocycles. The fourth-order valence-electron chi connectivity index (χ4n) is 3.18. The topological polar surface area (TPSA) is 58.1 Å². The molecule has 23 heavy (non-hydrogen) atoms. The molecule has 0 bridgehead atoms. The van der Waals surface area contributed by atoms with Crippen molar-refractivity contribution >= 4 is 23.6 Å². The highest BCUT2D eigenvalue weighted by Gasteiger charge is 2.21. The molecule has 1 atom stereocenters. The summed E-state index contributed by atoms with van der Waals surface area (Å²) in [6.07, 6.45) is 10.2. The number of hydrogen-bond donors (Lipinski definition) is 1. The van der Waals surface area contributed by atoms with Crippen molar-refractivity contribution in [2.75, 3.05) is 24.0 Å². The highest BCUT2D eigenvalue weighted by Crippen LogP contribution is 2.25. The van der Waals surface area contributed by atoms with Gasteiger partial charge in [-0.15, -0.1) is 0 Å². The van der Waals surface area contributed by atoms with Gasteiger partial charge in [-0.05, 0) is 32.9 Å². The molecule has 1 aliphatic rings. The molecule has 1 aromatic rings. The Bertz CT molecular complexity index is 531. The van der Waals surface area contributed by atoms with Crippen LogP contribution in [0.25, 0.3) is 0 Å². The molecule has 0 radical (unpaired) electrons.